The molecule has 1 fully saturated rings. The Hall–Kier alpha value is -1.92. The molecule has 0 radical (unpaired) electrons. The lowest BCUT2D eigenvalue weighted by Crippen LogP contribution is -2.27. The SMILES string of the molecule is Cl.N#CC1SC(=N)N2C=Cc3cc(O)c(O)cc3C12.O.O. The number of phenolic OH excluding ortho intramolecular Hbond substituents is 2. The molecule has 1 aromatic carbocycles. The van der Waals surface area contributed by atoms with Crippen molar-refractivity contribution in [2.24, 2.45) is 0 Å². The Morgan fingerprint density at radius 2 is 1.86 bits per heavy atom. The van der Waals surface area contributed by atoms with Crippen molar-refractivity contribution in [3.63, 3.8) is 0 Å². The van der Waals surface area contributed by atoms with Gasteiger partial charge in [0.2, 0.25) is 0 Å². The number of nitrogens with zero attached hydrogens (tertiary/aromatic N) is 2. The maximum atomic E-state index is 9.58. The van der Waals surface area contributed by atoms with Crippen LogP contribution in [-0.2, 0) is 0 Å². The van der Waals surface area contributed by atoms with E-state index in [0.29, 0.717) is 5.17 Å². The molecule has 0 bridgehead atoms. The number of hydrogen-bond acceptors (Lipinski definition) is 5. The van der Waals surface area contributed by atoms with E-state index in [0.717, 1.165) is 11.1 Å². The normalized spacial score (nSPS) is 21.1. The predicted molar refractivity (Wildman–Crippen MR) is 82.6 cm³/mol. The average Bonchev–Trinajstić information content (AvgIpc) is 2.68. The minimum Gasteiger partial charge on any atom is -0.504 e. The Morgan fingerprint density at radius 3 is 2.48 bits per heavy atom. The highest BCUT2D eigenvalue weighted by atomic mass is 35.5. The minimum absolute atomic E-state index is 0. The minimum atomic E-state index is -0.384. The van der Waals surface area contributed by atoms with Gasteiger partial charge in [-0.3, -0.25) is 5.41 Å². The molecule has 0 amide bonds. The van der Waals surface area contributed by atoms with E-state index < -0.39 is 0 Å². The van der Waals surface area contributed by atoms with Gasteiger partial charge in [-0.15, -0.1) is 12.4 Å². The first-order chi connectivity index (χ1) is 8.61. The molecule has 2 unspecified atom stereocenters. The number of aromatic hydroxyl groups is 2. The van der Waals surface area contributed by atoms with Gasteiger partial charge in [0, 0.05) is 6.20 Å². The fraction of sp³-hybridized carbons (Fsp3) is 0.167. The van der Waals surface area contributed by atoms with Crippen LogP contribution < -0.4 is 0 Å². The molecule has 1 saturated heterocycles. The molecule has 0 aromatic heterocycles. The van der Waals surface area contributed by atoms with Gasteiger partial charge in [-0.25, -0.2) is 0 Å². The van der Waals surface area contributed by atoms with Crippen LogP contribution in [0.1, 0.15) is 17.2 Å². The Labute approximate surface area is 131 Å². The smallest absolute Gasteiger partial charge is 0.162 e. The molecule has 7 N–H and O–H groups in total. The number of phenols is 2. The van der Waals surface area contributed by atoms with Crippen LogP contribution in [0.4, 0.5) is 0 Å². The number of nitrogens with one attached hydrogen (secondary N) is 1. The van der Waals surface area contributed by atoms with E-state index in [1.807, 2.05) is 0 Å². The van der Waals surface area contributed by atoms with E-state index >= 15 is 0 Å². The Bertz CT molecular complexity index is 632. The maximum Gasteiger partial charge on any atom is 0.162 e. The largest absolute Gasteiger partial charge is 0.504 e. The molecule has 2 atom stereocenters. The molecular weight excluding hydrogens is 318 g/mol. The third kappa shape index (κ3) is 2.77. The highest BCUT2D eigenvalue weighted by Crippen LogP contribution is 2.46. The first-order valence-electron chi connectivity index (χ1n) is 5.29. The summed E-state index contributed by atoms with van der Waals surface area (Å²) in [6, 6.07) is 4.83. The van der Waals surface area contributed by atoms with Gasteiger partial charge in [-0.05, 0) is 29.3 Å². The summed E-state index contributed by atoms with van der Waals surface area (Å²) in [5.41, 5.74) is 1.52. The van der Waals surface area contributed by atoms with Crippen LogP contribution in [0.15, 0.2) is 18.3 Å². The molecule has 9 heteroatoms. The fourth-order valence-electron chi connectivity index (χ4n) is 2.26. The van der Waals surface area contributed by atoms with E-state index in [1.165, 1.54) is 23.9 Å². The van der Waals surface area contributed by atoms with E-state index in [9.17, 15) is 10.2 Å². The van der Waals surface area contributed by atoms with Crippen LogP contribution in [-0.4, -0.2) is 36.5 Å². The number of fused-ring (bicyclic) bond motifs is 3. The number of thioether (sulfide) groups is 1. The summed E-state index contributed by atoms with van der Waals surface area (Å²) in [7, 11) is 0. The third-order valence-electron chi connectivity index (χ3n) is 3.10. The second-order valence-electron chi connectivity index (χ2n) is 4.11. The van der Waals surface area contributed by atoms with Gasteiger partial charge in [0.05, 0.1) is 12.1 Å². The molecule has 21 heavy (non-hydrogen) atoms. The summed E-state index contributed by atoms with van der Waals surface area (Å²) in [4.78, 5) is 1.71. The van der Waals surface area contributed by atoms with Crippen LogP contribution in [0, 0.1) is 16.7 Å². The van der Waals surface area contributed by atoms with Crippen LogP contribution in [0.5, 0.6) is 11.5 Å². The van der Waals surface area contributed by atoms with Crippen molar-refractivity contribution in [2.75, 3.05) is 0 Å². The summed E-state index contributed by atoms with van der Waals surface area (Å²) >= 11 is 1.20. The van der Waals surface area contributed by atoms with Crippen molar-refractivity contribution in [1.82, 2.24) is 4.90 Å². The van der Waals surface area contributed by atoms with Gasteiger partial charge in [-0.2, -0.15) is 5.26 Å². The molecule has 3 rings (SSSR count). The van der Waals surface area contributed by atoms with Crippen LogP contribution in [0.2, 0.25) is 0 Å². The molecule has 0 spiro atoms. The molecule has 2 aliphatic heterocycles. The first-order valence-corrected chi connectivity index (χ1v) is 6.17. The molecule has 2 aliphatic rings. The number of benzene rings is 1. The highest BCUT2D eigenvalue weighted by molar-refractivity contribution is 8.14. The summed E-state index contributed by atoms with van der Waals surface area (Å²) < 4.78 is 0. The molecule has 114 valence electrons. The van der Waals surface area contributed by atoms with Gasteiger partial charge < -0.3 is 26.1 Å². The van der Waals surface area contributed by atoms with Crippen molar-refractivity contribution in [1.29, 1.82) is 10.7 Å². The van der Waals surface area contributed by atoms with Gasteiger partial charge in [-0.1, -0.05) is 11.8 Å². The number of hydrogen-bond donors (Lipinski definition) is 3. The lowest BCUT2D eigenvalue weighted by atomic mass is 9.94. The lowest BCUT2D eigenvalue weighted by Gasteiger charge is -2.28. The Balaban J connectivity index is 0.00000133. The van der Waals surface area contributed by atoms with Gasteiger partial charge in [0.1, 0.15) is 5.25 Å². The third-order valence-corrected chi connectivity index (χ3v) is 4.15. The molecule has 1 aromatic rings. The highest BCUT2D eigenvalue weighted by Gasteiger charge is 2.41. The van der Waals surface area contributed by atoms with Gasteiger partial charge >= 0.3 is 0 Å². The van der Waals surface area contributed by atoms with E-state index in [1.54, 1.807) is 17.2 Å². The molecule has 7 nitrogen and oxygen atoms in total. The number of halogens is 1. The molecule has 2 heterocycles. The second kappa shape index (κ2) is 6.69. The predicted octanol–water partition coefficient (Wildman–Crippen LogP) is 0.771. The number of amidine groups is 1. The molecule has 0 aliphatic carbocycles. The zero-order valence-corrected chi connectivity index (χ0v) is 12.2. The average molecular weight is 332 g/mol. The summed E-state index contributed by atoms with van der Waals surface area (Å²) in [5.74, 6) is -0.384. The van der Waals surface area contributed by atoms with Crippen LogP contribution in [0.25, 0.3) is 6.08 Å². The standard InChI is InChI=1S/C12H9N3O2S.ClH.2H2O/c13-5-10-11-7-4-9(17)8(16)3-6(7)1-2-15(11)12(14)18-10;;;/h1-4,10-11,14,16-17H;1H;2*1H2. The lowest BCUT2D eigenvalue weighted by molar-refractivity contribution is 0.396. The van der Waals surface area contributed by atoms with Crippen LogP contribution >= 0.6 is 24.2 Å². The van der Waals surface area contributed by atoms with E-state index in [2.05, 4.69) is 6.07 Å². The van der Waals surface area contributed by atoms with Crippen molar-refractivity contribution in [3.8, 4) is 17.6 Å². The number of nitriles is 1. The van der Waals surface area contributed by atoms with E-state index in [-0.39, 0.29) is 46.2 Å². The van der Waals surface area contributed by atoms with Gasteiger partial charge in [0.25, 0.3) is 0 Å². The van der Waals surface area contributed by atoms with Crippen molar-refractivity contribution in [3.05, 3.63) is 29.5 Å². The van der Waals surface area contributed by atoms with E-state index in [4.69, 9.17) is 10.7 Å². The Kier molecular flexibility index (Phi) is 6.08. The number of rotatable bonds is 0. The molecular formula is C12H14ClN3O4S. The van der Waals surface area contributed by atoms with Crippen molar-refractivity contribution >= 4 is 35.4 Å². The quantitative estimate of drug-likeness (QED) is 0.599. The Morgan fingerprint density at radius 1 is 1.24 bits per heavy atom. The topological polar surface area (TPSA) is 154 Å². The summed E-state index contributed by atoms with van der Waals surface area (Å²) in [6.07, 6.45) is 3.50. The van der Waals surface area contributed by atoms with Crippen molar-refractivity contribution in [2.45, 2.75) is 11.3 Å². The van der Waals surface area contributed by atoms with Gasteiger partial charge in [0.15, 0.2) is 16.7 Å². The molecule has 0 saturated carbocycles. The zero-order chi connectivity index (χ0) is 12.9. The monoisotopic (exact) mass is 331 g/mol. The second-order valence-corrected chi connectivity index (χ2v) is 5.24. The van der Waals surface area contributed by atoms with Crippen LogP contribution in [0.3, 0.4) is 0 Å². The summed E-state index contributed by atoms with van der Waals surface area (Å²) in [5, 5.41) is 36.0. The maximum absolute atomic E-state index is 9.58. The van der Waals surface area contributed by atoms with Crippen molar-refractivity contribution < 1.29 is 21.2 Å². The summed E-state index contributed by atoms with van der Waals surface area (Å²) in [6.45, 7) is 0. The fourth-order valence-corrected chi connectivity index (χ4v) is 3.25. The zero-order valence-electron chi connectivity index (χ0n) is 10.6. The first kappa shape index (κ1) is 19.1.